The summed E-state index contributed by atoms with van der Waals surface area (Å²) < 4.78 is 4.29. The van der Waals surface area contributed by atoms with Crippen molar-refractivity contribution in [2.24, 2.45) is 0 Å². The SMILES string of the molecule is CCn1c(CSc2nc3ccccc3s2)nnc1SCC(=O)NCCc1ccccc1. The van der Waals surface area contributed by atoms with Gasteiger partial charge >= 0.3 is 0 Å². The van der Waals surface area contributed by atoms with Crippen LogP contribution in [-0.2, 0) is 23.5 Å². The summed E-state index contributed by atoms with van der Waals surface area (Å²) in [4.78, 5) is 16.9. The van der Waals surface area contributed by atoms with Crippen LogP contribution in [0.1, 0.15) is 18.3 Å². The van der Waals surface area contributed by atoms with Gasteiger partial charge in [0, 0.05) is 13.1 Å². The van der Waals surface area contributed by atoms with E-state index in [-0.39, 0.29) is 5.91 Å². The van der Waals surface area contributed by atoms with Crippen LogP contribution in [0.2, 0.25) is 0 Å². The topological polar surface area (TPSA) is 72.7 Å². The fourth-order valence-electron chi connectivity index (χ4n) is 3.06. The Morgan fingerprint density at radius 3 is 2.68 bits per heavy atom. The molecule has 0 fully saturated rings. The molecular formula is C22H23N5OS3. The van der Waals surface area contributed by atoms with Gasteiger partial charge in [0.05, 0.1) is 21.7 Å². The molecule has 0 spiro atoms. The van der Waals surface area contributed by atoms with Crippen LogP contribution in [0.25, 0.3) is 10.2 Å². The highest BCUT2D eigenvalue weighted by Crippen LogP contribution is 2.31. The van der Waals surface area contributed by atoms with Crippen LogP contribution in [0, 0.1) is 0 Å². The molecule has 0 aliphatic carbocycles. The van der Waals surface area contributed by atoms with Gasteiger partial charge < -0.3 is 9.88 Å². The maximum Gasteiger partial charge on any atom is 0.230 e. The number of nitrogens with one attached hydrogen (secondary N) is 1. The lowest BCUT2D eigenvalue weighted by Crippen LogP contribution is -2.27. The van der Waals surface area contributed by atoms with E-state index in [9.17, 15) is 4.79 Å². The zero-order valence-corrected chi connectivity index (χ0v) is 19.6. The molecule has 6 nitrogen and oxygen atoms in total. The van der Waals surface area contributed by atoms with Gasteiger partial charge in [-0.2, -0.15) is 0 Å². The molecule has 0 saturated carbocycles. The molecule has 0 bridgehead atoms. The number of fused-ring (bicyclic) bond motifs is 1. The highest BCUT2D eigenvalue weighted by molar-refractivity contribution is 8.00. The van der Waals surface area contributed by atoms with Crippen molar-refractivity contribution in [2.75, 3.05) is 12.3 Å². The molecule has 2 heterocycles. The molecule has 4 aromatic rings. The van der Waals surface area contributed by atoms with Crippen LogP contribution in [-0.4, -0.2) is 38.0 Å². The van der Waals surface area contributed by atoms with E-state index in [1.54, 1.807) is 23.1 Å². The van der Waals surface area contributed by atoms with Gasteiger partial charge in [0.25, 0.3) is 0 Å². The maximum absolute atomic E-state index is 12.2. The Kier molecular flexibility index (Phi) is 7.61. The van der Waals surface area contributed by atoms with E-state index in [0.717, 1.165) is 33.8 Å². The zero-order valence-electron chi connectivity index (χ0n) is 17.2. The predicted molar refractivity (Wildman–Crippen MR) is 129 cm³/mol. The van der Waals surface area contributed by atoms with Crippen molar-refractivity contribution in [3.63, 3.8) is 0 Å². The molecule has 0 unspecified atom stereocenters. The standard InChI is InChI=1S/C22H23N5OS3/c1-2-27-19(14-30-22-24-17-10-6-7-11-18(17)31-22)25-26-21(27)29-15-20(28)23-13-12-16-8-4-3-5-9-16/h3-11H,2,12-15H2,1H3,(H,23,28). The number of thiazole rings is 1. The third kappa shape index (κ3) is 5.87. The van der Waals surface area contributed by atoms with Crippen molar-refractivity contribution < 1.29 is 4.79 Å². The van der Waals surface area contributed by atoms with E-state index in [1.807, 2.05) is 36.4 Å². The molecule has 1 amide bonds. The first-order valence-electron chi connectivity index (χ1n) is 10.1. The van der Waals surface area contributed by atoms with Gasteiger partial charge in [-0.3, -0.25) is 4.79 Å². The molecular weight excluding hydrogens is 446 g/mol. The molecule has 0 radical (unpaired) electrons. The summed E-state index contributed by atoms with van der Waals surface area (Å²) in [5.41, 5.74) is 2.25. The average molecular weight is 470 g/mol. The molecule has 0 atom stereocenters. The van der Waals surface area contributed by atoms with Crippen LogP contribution >= 0.6 is 34.9 Å². The number of aromatic nitrogens is 4. The van der Waals surface area contributed by atoms with E-state index in [1.165, 1.54) is 22.0 Å². The molecule has 4 rings (SSSR count). The fraction of sp³-hybridized carbons (Fsp3) is 0.273. The fourth-order valence-corrected chi connectivity index (χ4v) is 5.92. The van der Waals surface area contributed by atoms with E-state index < -0.39 is 0 Å². The number of nitrogens with zero attached hydrogens (tertiary/aromatic N) is 4. The largest absolute Gasteiger partial charge is 0.355 e. The molecule has 2 aromatic carbocycles. The molecule has 160 valence electrons. The number of carbonyl (C=O) groups excluding carboxylic acids is 1. The van der Waals surface area contributed by atoms with Crippen LogP contribution in [0.5, 0.6) is 0 Å². The Balaban J connectivity index is 1.27. The first kappa shape index (κ1) is 21.9. The summed E-state index contributed by atoms with van der Waals surface area (Å²) in [6, 6.07) is 18.3. The number of benzene rings is 2. The van der Waals surface area contributed by atoms with Gasteiger partial charge in [0.15, 0.2) is 9.50 Å². The van der Waals surface area contributed by atoms with Crippen LogP contribution in [0.4, 0.5) is 0 Å². The first-order chi connectivity index (χ1) is 15.2. The van der Waals surface area contributed by atoms with Crippen molar-refractivity contribution >= 4 is 51.0 Å². The monoisotopic (exact) mass is 469 g/mol. The number of thioether (sulfide) groups is 2. The summed E-state index contributed by atoms with van der Waals surface area (Å²) in [6.07, 6.45) is 0.829. The second kappa shape index (κ2) is 10.8. The summed E-state index contributed by atoms with van der Waals surface area (Å²) >= 11 is 4.79. The summed E-state index contributed by atoms with van der Waals surface area (Å²) in [5.74, 6) is 1.94. The Bertz CT molecular complexity index is 1110. The van der Waals surface area contributed by atoms with Crippen molar-refractivity contribution in [3.8, 4) is 0 Å². The van der Waals surface area contributed by atoms with Crippen LogP contribution in [0.15, 0.2) is 64.1 Å². The van der Waals surface area contributed by atoms with E-state index in [4.69, 9.17) is 0 Å². The summed E-state index contributed by atoms with van der Waals surface area (Å²) in [7, 11) is 0. The normalized spacial score (nSPS) is 11.1. The van der Waals surface area contributed by atoms with Gasteiger partial charge in [-0.1, -0.05) is 66.0 Å². The zero-order chi connectivity index (χ0) is 21.5. The lowest BCUT2D eigenvalue weighted by atomic mass is 10.1. The van der Waals surface area contributed by atoms with Gasteiger partial charge in [-0.25, -0.2) is 4.98 Å². The highest BCUT2D eigenvalue weighted by atomic mass is 32.2. The smallest absolute Gasteiger partial charge is 0.230 e. The Morgan fingerprint density at radius 2 is 1.87 bits per heavy atom. The van der Waals surface area contributed by atoms with Gasteiger partial charge in [-0.15, -0.1) is 21.5 Å². The van der Waals surface area contributed by atoms with Crippen LogP contribution in [0.3, 0.4) is 0 Å². The molecule has 2 aromatic heterocycles. The van der Waals surface area contributed by atoms with Gasteiger partial charge in [0.2, 0.25) is 5.91 Å². The molecule has 0 aliphatic heterocycles. The van der Waals surface area contributed by atoms with Gasteiger partial charge in [-0.05, 0) is 31.0 Å². The number of para-hydroxylation sites is 1. The van der Waals surface area contributed by atoms with E-state index in [0.29, 0.717) is 18.1 Å². The number of carbonyl (C=O) groups is 1. The first-order valence-corrected chi connectivity index (χ1v) is 12.9. The van der Waals surface area contributed by atoms with Crippen LogP contribution < -0.4 is 5.32 Å². The molecule has 0 saturated heterocycles. The van der Waals surface area contributed by atoms with E-state index in [2.05, 4.69) is 50.2 Å². The third-order valence-corrected chi connectivity index (χ3v) is 7.76. The third-order valence-electron chi connectivity index (χ3n) is 4.62. The quantitative estimate of drug-likeness (QED) is 0.341. The maximum atomic E-state index is 12.2. The van der Waals surface area contributed by atoms with Crippen molar-refractivity contribution in [1.29, 1.82) is 0 Å². The Morgan fingerprint density at radius 1 is 1.06 bits per heavy atom. The minimum absolute atomic E-state index is 0.0111. The lowest BCUT2D eigenvalue weighted by molar-refractivity contribution is -0.118. The molecule has 0 aliphatic rings. The minimum Gasteiger partial charge on any atom is -0.355 e. The molecule has 31 heavy (non-hydrogen) atoms. The van der Waals surface area contributed by atoms with Gasteiger partial charge in [0.1, 0.15) is 5.82 Å². The summed E-state index contributed by atoms with van der Waals surface area (Å²) in [6.45, 7) is 3.47. The predicted octanol–water partition coefficient (Wildman–Crippen LogP) is 4.65. The number of rotatable bonds is 10. The lowest BCUT2D eigenvalue weighted by Gasteiger charge is -2.07. The Hall–Kier alpha value is -2.36. The second-order valence-corrected chi connectivity index (χ2v) is 9.95. The van der Waals surface area contributed by atoms with Crippen molar-refractivity contribution in [1.82, 2.24) is 25.1 Å². The second-order valence-electron chi connectivity index (χ2n) is 6.75. The van der Waals surface area contributed by atoms with E-state index >= 15 is 0 Å². The molecule has 9 heteroatoms. The number of hydrogen-bond donors (Lipinski definition) is 1. The number of amides is 1. The molecule has 1 N–H and O–H groups in total. The van der Waals surface area contributed by atoms with Crippen molar-refractivity contribution in [3.05, 3.63) is 66.0 Å². The number of hydrogen-bond acceptors (Lipinski definition) is 7. The minimum atomic E-state index is 0.0111. The highest BCUT2D eigenvalue weighted by Gasteiger charge is 2.14. The van der Waals surface area contributed by atoms with Crippen molar-refractivity contribution in [2.45, 2.75) is 35.1 Å². The Labute approximate surface area is 193 Å². The average Bonchev–Trinajstić information content (AvgIpc) is 3.40. The summed E-state index contributed by atoms with van der Waals surface area (Å²) in [5, 5.41) is 12.4.